The Hall–Kier alpha value is -0.670. The predicted octanol–water partition coefficient (Wildman–Crippen LogP) is 3.92. The van der Waals surface area contributed by atoms with Gasteiger partial charge in [-0.3, -0.25) is 4.48 Å². The van der Waals surface area contributed by atoms with Gasteiger partial charge in [0.25, 0.3) is 0 Å². The Morgan fingerprint density at radius 1 is 1.10 bits per heavy atom. The summed E-state index contributed by atoms with van der Waals surface area (Å²) in [5.41, 5.74) is 0. The van der Waals surface area contributed by atoms with Gasteiger partial charge < -0.3 is 5.11 Å². The topological polar surface area (TPSA) is 32.6 Å². The van der Waals surface area contributed by atoms with Crippen LogP contribution in [0.5, 0.6) is 0 Å². The third-order valence-corrected chi connectivity index (χ3v) is 4.66. The highest BCUT2D eigenvalue weighted by Crippen LogP contribution is 2.16. The highest BCUT2D eigenvalue weighted by Gasteiger charge is 2.34. The van der Waals surface area contributed by atoms with Crippen molar-refractivity contribution in [2.45, 2.75) is 65.2 Å². The molecule has 1 atom stereocenters. The lowest BCUT2D eigenvalue weighted by molar-refractivity contribution is -0.832. The van der Waals surface area contributed by atoms with E-state index in [9.17, 15) is 5.11 Å². The average Bonchev–Trinajstić information content (AvgIpc) is 2.89. The first kappa shape index (κ1) is 18.4. The van der Waals surface area contributed by atoms with Gasteiger partial charge in [0.05, 0.1) is 19.7 Å². The first-order valence-electron chi connectivity index (χ1n) is 8.97. The molecule has 1 unspecified atom stereocenters. The molecule has 0 aliphatic carbocycles. The summed E-state index contributed by atoms with van der Waals surface area (Å²) in [6, 6.07) is 0. The maximum Gasteiger partial charge on any atom is 0.222 e. The summed E-state index contributed by atoms with van der Waals surface area (Å²) >= 11 is 0. The number of nitrogens with zero attached hydrogens (tertiary/aromatic N) is 2. The summed E-state index contributed by atoms with van der Waals surface area (Å²) in [5, 5.41) is 9.28. The van der Waals surface area contributed by atoms with Gasteiger partial charge in [-0.25, -0.2) is 4.99 Å². The van der Waals surface area contributed by atoms with Gasteiger partial charge in [-0.05, 0) is 19.8 Å². The smallest absolute Gasteiger partial charge is 0.222 e. The van der Waals surface area contributed by atoms with Gasteiger partial charge in [0.2, 0.25) is 5.84 Å². The molecule has 0 fully saturated rings. The van der Waals surface area contributed by atoms with Crippen molar-refractivity contribution in [3.63, 3.8) is 0 Å². The van der Waals surface area contributed by atoms with Crippen LogP contribution < -0.4 is 0 Å². The van der Waals surface area contributed by atoms with E-state index in [0.29, 0.717) is 0 Å². The molecule has 0 aromatic rings. The second-order valence-corrected chi connectivity index (χ2v) is 6.18. The van der Waals surface area contributed by atoms with Crippen LogP contribution in [-0.4, -0.2) is 48.2 Å². The van der Waals surface area contributed by atoms with Crippen LogP contribution in [0.2, 0.25) is 0 Å². The molecule has 3 heteroatoms. The number of hydrogen-bond donors (Lipinski definition) is 1. The molecule has 1 aliphatic rings. The summed E-state index contributed by atoms with van der Waals surface area (Å²) in [5.74, 6) is 1.18. The highest BCUT2D eigenvalue weighted by molar-refractivity contribution is 5.88. The summed E-state index contributed by atoms with van der Waals surface area (Å²) < 4.78 is 0.865. The zero-order valence-electron chi connectivity index (χ0n) is 14.2. The zero-order valence-corrected chi connectivity index (χ0v) is 14.2. The largest absolute Gasteiger partial charge is 0.390 e. The molecule has 0 bridgehead atoms. The van der Waals surface area contributed by atoms with Crippen molar-refractivity contribution in [1.82, 2.24) is 0 Å². The minimum atomic E-state index is 0.248. The van der Waals surface area contributed by atoms with Crippen molar-refractivity contribution in [3.8, 4) is 0 Å². The number of aliphatic hydroxyl groups excluding tert-OH is 1. The van der Waals surface area contributed by atoms with Gasteiger partial charge in [0.1, 0.15) is 13.1 Å². The molecule has 1 rings (SSSR count). The Morgan fingerprint density at radius 3 is 2.48 bits per heavy atom. The van der Waals surface area contributed by atoms with Crippen LogP contribution in [0.3, 0.4) is 0 Å². The molecule has 0 spiro atoms. The first-order chi connectivity index (χ1) is 10.3. The second-order valence-electron chi connectivity index (χ2n) is 6.18. The van der Waals surface area contributed by atoms with E-state index < -0.39 is 0 Å². The van der Waals surface area contributed by atoms with Gasteiger partial charge in [0.15, 0.2) is 0 Å². The molecule has 0 amide bonds. The van der Waals surface area contributed by atoms with E-state index in [4.69, 9.17) is 0 Å². The van der Waals surface area contributed by atoms with E-state index in [1.807, 2.05) is 0 Å². The third-order valence-electron chi connectivity index (χ3n) is 4.66. The standard InChI is InChI=1S/C18H35N2O/c1-3-5-6-7-8-9-10-11-12-13-18-19-14-15-20(18,4-2)16-17-21/h12-13,21H,3-11,14-17H2,1-2H3/q+1/b13-12+. The quantitative estimate of drug-likeness (QED) is 0.429. The monoisotopic (exact) mass is 295 g/mol. The van der Waals surface area contributed by atoms with Crippen LogP contribution >= 0.6 is 0 Å². The van der Waals surface area contributed by atoms with Crippen molar-refractivity contribution in [2.24, 2.45) is 4.99 Å². The molecular formula is C18H35N2O+. The third kappa shape index (κ3) is 6.31. The van der Waals surface area contributed by atoms with E-state index in [0.717, 1.165) is 37.1 Å². The molecule has 0 saturated heterocycles. The predicted molar refractivity (Wildman–Crippen MR) is 91.7 cm³/mol. The van der Waals surface area contributed by atoms with Crippen LogP contribution in [0.25, 0.3) is 0 Å². The van der Waals surface area contributed by atoms with E-state index in [2.05, 4.69) is 31.0 Å². The Kier molecular flexibility index (Phi) is 9.60. The number of likely N-dealkylation sites (N-methyl/N-ethyl adjacent to an activating group) is 1. The summed E-state index contributed by atoms with van der Waals surface area (Å²) in [7, 11) is 0. The molecule has 1 N–H and O–H groups in total. The number of unbranched alkanes of at least 4 members (excludes halogenated alkanes) is 7. The maximum absolute atomic E-state index is 9.28. The number of rotatable bonds is 12. The molecular weight excluding hydrogens is 260 g/mol. The Bertz CT molecular complexity index is 325. The molecule has 0 saturated carbocycles. The normalized spacial score (nSPS) is 22.1. The molecule has 21 heavy (non-hydrogen) atoms. The number of aliphatic imine (C=N–C) groups is 1. The van der Waals surface area contributed by atoms with Gasteiger partial charge in [-0.1, -0.05) is 51.5 Å². The highest BCUT2D eigenvalue weighted by atomic mass is 16.3. The maximum atomic E-state index is 9.28. The van der Waals surface area contributed by atoms with Crippen molar-refractivity contribution >= 4 is 5.84 Å². The van der Waals surface area contributed by atoms with Crippen LogP contribution in [0, 0.1) is 0 Å². The summed E-state index contributed by atoms with van der Waals surface area (Å²) in [6.07, 6.45) is 15.2. The van der Waals surface area contributed by atoms with Gasteiger partial charge >= 0.3 is 0 Å². The first-order valence-corrected chi connectivity index (χ1v) is 8.97. The number of quaternary nitrogens is 1. The van der Waals surface area contributed by atoms with Crippen molar-refractivity contribution in [3.05, 3.63) is 12.2 Å². The van der Waals surface area contributed by atoms with Crippen LogP contribution in [0.1, 0.15) is 65.2 Å². The van der Waals surface area contributed by atoms with Gasteiger partial charge in [-0.15, -0.1) is 0 Å². The second kappa shape index (κ2) is 11.0. The Morgan fingerprint density at radius 2 is 1.81 bits per heavy atom. The lowest BCUT2D eigenvalue weighted by Crippen LogP contribution is -2.51. The molecule has 0 radical (unpaired) electrons. The van der Waals surface area contributed by atoms with Crippen molar-refractivity contribution in [1.29, 1.82) is 0 Å². The van der Waals surface area contributed by atoms with Gasteiger partial charge in [-0.2, -0.15) is 0 Å². The molecule has 0 aromatic heterocycles. The molecule has 3 nitrogen and oxygen atoms in total. The molecule has 122 valence electrons. The number of aliphatic hydroxyl groups is 1. The number of hydrogen-bond acceptors (Lipinski definition) is 2. The fraction of sp³-hybridized carbons (Fsp3) is 0.833. The van der Waals surface area contributed by atoms with E-state index in [1.54, 1.807) is 0 Å². The minimum absolute atomic E-state index is 0.248. The molecule has 1 heterocycles. The Balaban J connectivity index is 2.20. The number of amidine groups is 1. The molecule has 1 aliphatic heterocycles. The van der Waals surface area contributed by atoms with Crippen LogP contribution in [0.15, 0.2) is 17.1 Å². The van der Waals surface area contributed by atoms with Crippen molar-refractivity contribution < 1.29 is 9.59 Å². The zero-order chi connectivity index (χ0) is 15.4. The summed E-state index contributed by atoms with van der Waals surface area (Å²) in [4.78, 5) is 4.64. The number of allylic oxidation sites excluding steroid dienone is 1. The van der Waals surface area contributed by atoms with E-state index in [-0.39, 0.29) is 6.61 Å². The van der Waals surface area contributed by atoms with Crippen LogP contribution in [0.4, 0.5) is 0 Å². The van der Waals surface area contributed by atoms with Crippen molar-refractivity contribution in [2.75, 3.05) is 32.8 Å². The minimum Gasteiger partial charge on any atom is -0.390 e. The lowest BCUT2D eigenvalue weighted by atomic mass is 10.1. The van der Waals surface area contributed by atoms with Gasteiger partial charge in [0, 0.05) is 6.08 Å². The fourth-order valence-electron chi connectivity index (χ4n) is 3.14. The Labute approximate surface area is 131 Å². The lowest BCUT2D eigenvalue weighted by Gasteiger charge is -2.31. The van der Waals surface area contributed by atoms with E-state index >= 15 is 0 Å². The average molecular weight is 295 g/mol. The SMILES string of the molecule is CCCCCCCCC/C=C/C1=NCC[N+]1(CC)CCO. The van der Waals surface area contributed by atoms with Crippen LogP contribution in [-0.2, 0) is 0 Å². The summed E-state index contributed by atoms with van der Waals surface area (Å²) in [6.45, 7) is 8.50. The van der Waals surface area contributed by atoms with E-state index in [1.165, 1.54) is 50.8 Å². The molecule has 0 aromatic carbocycles. The fourth-order valence-corrected chi connectivity index (χ4v) is 3.14.